The molecular weight excluding hydrogens is 348 g/mol. The van der Waals surface area contributed by atoms with Crippen LogP contribution >= 0.6 is 11.6 Å². The van der Waals surface area contributed by atoms with Crippen molar-refractivity contribution in [3.8, 4) is 0 Å². The molecule has 1 amide bonds. The van der Waals surface area contributed by atoms with Crippen LogP contribution in [-0.4, -0.2) is 38.8 Å². The van der Waals surface area contributed by atoms with Crippen LogP contribution in [-0.2, 0) is 14.9 Å². The van der Waals surface area contributed by atoms with Gasteiger partial charge >= 0.3 is 0 Å². The lowest BCUT2D eigenvalue weighted by molar-refractivity contribution is -0.122. The van der Waals surface area contributed by atoms with Gasteiger partial charge in [0.1, 0.15) is 0 Å². The molecule has 0 aliphatic carbocycles. The molecule has 4 nitrogen and oxygen atoms in total. The van der Waals surface area contributed by atoms with Crippen LogP contribution in [0.5, 0.6) is 0 Å². The molecule has 2 aliphatic heterocycles. The maximum absolute atomic E-state index is 12.6. The monoisotopic (exact) mass is 378 g/mol. The third kappa shape index (κ3) is 4.99. The second kappa shape index (κ2) is 9.20. The maximum atomic E-state index is 12.6. The Bertz CT molecular complexity index is 578. The van der Waals surface area contributed by atoms with E-state index in [-0.39, 0.29) is 11.3 Å². The number of piperidine rings is 1. The Hall–Kier alpha value is -1.10. The molecule has 0 spiro atoms. The molecule has 2 saturated heterocycles. The summed E-state index contributed by atoms with van der Waals surface area (Å²) in [5.74, 6) is 1.28. The lowest BCUT2D eigenvalue weighted by Crippen LogP contribution is -2.45. The largest absolute Gasteiger partial charge is 0.381 e. The van der Waals surface area contributed by atoms with Crippen LogP contribution in [0.3, 0.4) is 0 Å². The van der Waals surface area contributed by atoms with E-state index in [1.165, 1.54) is 18.4 Å². The van der Waals surface area contributed by atoms with Crippen molar-refractivity contribution in [3.63, 3.8) is 0 Å². The fraction of sp³-hybridized carbons (Fsp3) is 0.667. The van der Waals surface area contributed by atoms with Crippen molar-refractivity contribution in [1.82, 2.24) is 10.6 Å². The highest BCUT2D eigenvalue weighted by molar-refractivity contribution is 6.30. The summed E-state index contributed by atoms with van der Waals surface area (Å²) in [4.78, 5) is 12.6. The number of carbonyl (C=O) groups is 1. The number of hydrogen-bond donors (Lipinski definition) is 2. The lowest BCUT2D eigenvalue weighted by Gasteiger charge is -2.38. The van der Waals surface area contributed by atoms with Gasteiger partial charge in [0.25, 0.3) is 0 Å². The van der Waals surface area contributed by atoms with E-state index in [9.17, 15) is 4.79 Å². The van der Waals surface area contributed by atoms with Crippen LogP contribution in [0.4, 0.5) is 0 Å². The number of rotatable bonds is 6. The van der Waals surface area contributed by atoms with Gasteiger partial charge in [0.2, 0.25) is 5.91 Å². The zero-order valence-electron chi connectivity index (χ0n) is 15.7. The Morgan fingerprint density at radius 1 is 1.27 bits per heavy atom. The van der Waals surface area contributed by atoms with Crippen LogP contribution in [0, 0.1) is 11.8 Å². The van der Waals surface area contributed by atoms with E-state index in [2.05, 4.69) is 29.7 Å². The third-order valence-electron chi connectivity index (χ3n) is 6.23. The van der Waals surface area contributed by atoms with E-state index < -0.39 is 0 Å². The van der Waals surface area contributed by atoms with Crippen LogP contribution in [0.15, 0.2) is 24.3 Å². The van der Waals surface area contributed by atoms with Gasteiger partial charge in [-0.25, -0.2) is 0 Å². The molecular formula is C21H31ClN2O2. The van der Waals surface area contributed by atoms with E-state index >= 15 is 0 Å². The Labute approximate surface area is 162 Å². The van der Waals surface area contributed by atoms with Crippen molar-refractivity contribution < 1.29 is 9.53 Å². The highest BCUT2D eigenvalue weighted by atomic mass is 35.5. The molecule has 0 radical (unpaired) electrons. The van der Waals surface area contributed by atoms with Gasteiger partial charge in [0.15, 0.2) is 0 Å². The molecule has 1 atom stereocenters. The molecule has 26 heavy (non-hydrogen) atoms. The Morgan fingerprint density at radius 2 is 1.92 bits per heavy atom. The van der Waals surface area contributed by atoms with Gasteiger partial charge in [0.05, 0.1) is 0 Å². The van der Waals surface area contributed by atoms with Crippen LogP contribution in [0.25, 0.3) is 0 Å². The van der Waals surface area contributed by atoms with Gasteiger partial charge in [-0.15, -0.1) is 0 Å². The molecule has 5 heteroatoms. The van der Waals surface area contributed by atoms with Gasteiger partial charge in [-0.1, -0.05) is 30.7 Å². The standard InChI is InChI=1S/C21H31ClN2O2/c1-16(17-6-10-23-11-7-17)14-20(25)24-15-21(8-12-26-13-9-21)18-2-4-19(22)5-3-18/h2-5,16-17,23H,6-15H2,1H3,(H,24,25). The van der Waals surface area contributed by atoms with Crippen molar-refractivity contribution in [3.05, 3.63) is 34.9 Å². The molecule has 1 aromatic carbocycles. The second-order valence-electron chi connectivity index (χ2n) is 7.95. The van der Waals surface area contributed by atoms with Crippen LogP contribution in [0.2, 0.25) is 5.02 Å². The SMILES string of the molecule is CC(CC(=O)NCC1(c2ccc(Cl)cc2)CCOCC1)C1CCNCC1. The summed E-state index contributed by atoms with van der Waals surface area (Å²) in [6, 6.07) is 8.07. The van der Waals surface area contributed by atoms with Crippen LogP contribution in [0.1, 0.15) is 44.6 Å². The lowest BCUT2D eigenvalue weighted by atomic mass is 9.74. The van der Waals surface area contributed by atoms with Crippen molar-refractivity contribution in [2.75, 3.05) is 32.8 Å². The van der Waals surface area contributed by atoms with Crippen LogP contribution < -0.4 is 10.6 Å². The summed E-state index contributed by atoms with van der Waals surface area (Å²) in [6.45, 7) is 6.54. The highest BCUT2D eigenvalue weighted by Gasteiger charge is 2.35. The van der Waals surface area contributed by atoms with Gasteiger partial charge in [-0.2, -0.15) is 0 Å². The minimum atomic E-state index is -0.0451. The van der Waals surface area contributed by atoms with Crippen molar-refractivity contribution in [2.24, 2.45) is 11.8 Å². The molecule has 2 fully saturated rings. The first-order chi connectivity index (χ1) is 12.6. The fourth-order valence-corrected chi connectivity index (χ4v) is 4.47. The summed E-state index contributed by atoms with van der Waals surface area (Å²) in [7, 11) is 0. The third-order valence-corrected chi connectivity index (χ3v) is 6.48. The molecule has 3 rings (SSSR count). The molecule has 144 valence electrons. The molecule has 2 aliphatic rings. The summed E-state index contributed by atoms with van der Waals surface area (Å²) in [6.07, 6.45) is 4.84. The zero-order chi connectivity index (χ0) is 18.4. The molecule has 1 unspecified atom stereocenters. The van der Waals surface area contributed by atoms with Gasteiger partial charge < -0.3 is 15.4 Å². The molecule has 2 heterocycles. The Balaban J connectivity index is 1.58. The summed E-state index contributed by atoms with van der Waals surface area (Å²) < 4.78 is 5.58. The number of nitrogens with one attached hydrogen (secondary N) is 2. The normalized spacial score (nSPS) is 21.9. The number of benzene rings is 1. The first-order valence-corrected chi connectivity index (χ1v) is 10.3. The fourth-order valence-electron chi connectivity index (χ4n) is 4.35. The average molecular weight is 379 g/mol. The summed E-state index contributed by atoms with van der Waals surface area (Å²) in [5.41, 5.74) is 1.20. The predicted molar refractivity (Wildman–Crippen MR) is 106 cm³/mol. The molecule has 0 aromatic heterocycles. The summed E-state index contributed by atoms with van der Waals surface area (Å²) >= 11 is 6.06. The number of halogens is 1. The number of hydrogen-bond acceptors (Lipinski definition) is 3. The van der Waals surface area contributed by atoms with E-state index in [4.69, 9.17) is 16.3 Å². The first kappa shape index (κ1) is 19.7. The minimum Gasteiger partial charge on any atom is -0.381 e. The van der Waals surface area contributed by atoms with Gasteiger partial charge in [-0.3, -0.25) is 4.79 Å². The van der Waals surface area contributed by atoms with Crippen molar-refractivity contribution in [1.29, 1.82) is 0 Å². The predicted octanol–water partition coefficient (Wildman–Crippen LogP) is 3.53. The number of carbonyl (C=O) groups excluding carboxylic acids is 1. The second-order valence-corrected chi connectivity index (χ2v) is 8.38. The molecule has 2 N–H and O–H groups in total. The highest BCUT2D eigenvalue weighted by Crippen LogP contribution is 2.35. The van der Waals surface area contributed by atoms with E-state index in [0.29, 0.717) is 24.8 Å². The van der Waals surface area contributed by atoms with Crippen molar-refractivity contribution >= 4 is 17.5 Å². The Kier molecular flexibility index (Phi) is 6.96. The quantitative estimate of drug-likeness (QED) is 0.796. The maximum Gasteiger partial charge on any atom is 0.220 e. The van der Waals surface area contributed by atoms with Gasteiger partial charge in [0, 0.05) is 36.6 Å². The van der Waals surface area contributed by atoms with Gasteiger partial charge in [-0.05, 0) is 68.3 Å². The molecule has 1 aromatic rings. The minimum absolute atomic E-state index is 0.0451. The molecule has 0 bridgehead atoms. The Morgan fingerprint density at radius 3 is 2.58 bits per heavy atom. The van der Waals surface area contributed by atoms with E-state index in [1.807, 2.05) is 12.1 Å². The number of amides is 1. The van der Waals surface area contributed by atoms with E-state index in [1.54, 1.807) is 0 Å². The smallest absolute Gasteiger partial charge is 0.220 e. The average Bonchev–Trinajstić information content (AvgIpc) is 2.68. The number of ether oxygens (including phenoxy) is 1. The van der Waals surface area contributed by atoms with Crippen molar-refractivity contribution in [2.45, 2.75) is 44.4 Å². The molecule has 0 saturated carbocycles. The first-order valence-electron chi connectivity index (χ1n) is 9.90. The topological polar surface area (TPSA) is 50.4 Å². The summed E-state index contributed by atoms with van der Waals surface area (Å²) in [5, 5.41) is 7.38. The van der Waals surface area contributed by atoms with E-state index in [0.717, 1.165) is 44.2 Å². The zero-order valence-corrected chi connectivity index (χ0v) is 16.5.